The van der Waals surface area contributed by atoms with Crippen LogP contribution in [0.3, 0.4) is 0 Å². The summed E-state index contributed by atoms with van der Waals surface area (Å²) in [4.78, 5) is 0. The van der Waals surface area contributed by atoms with Gasteiger partial charge in [-0.05, 0) is 25.2 Å². The van der Waals surface area contributed by atoms with Gasteiger partial charge in [-0.1, -0.05) is 6.42 Å². The van der Waals surface area contributed by atoms with Crippen molar-refractivity contribution in [2.24, 2.45) is 0 Å². The molecule has 0 aliphatic carbocycles. The summed E-state index contributed by atoms with van der Waals surface area (Å²) in [5.41, 5.74) is 0. The van der Waals surface area contributed by atoms with Crippen LogP contribution >= 0.6 is 0 Å². The number of hydrogen-bond acceptors (Lipinski definition) is 2. The van der Waals surface area contributed by atoms with E-state index in [2.05, 4.69) is 13.1 Å². The standard InChI is InChI=1S/C7H20O2Si2/c1-8-10(3)6-5-7-11(4)9-2/h10-11H,5-7H2,1-4H3. The minimum Gasteiger partial charge on any atom is -0.423 e. The van der Waals surface area contributed by atoms with E-state index >= 15 is 0 Å². The van der Waals surface area contributed by atoms with Crippen molar-refractivity contribution in [3.63, 3.8) is 0 Å². The molecule has 0 aliphatic heterocycles. The van der Waals surface area contributed by atoms with Crippen LogP contribution in [0.4, 0.5) is 0 Å². The Morgan fingerprint density at radius 2 is 1.27 bits per heavy atom. The van der Waals surface area contributed by atoms with Gasteiger partial charge < -0.3 is 8.85 Å². The second-order valence-electron chi connectivity index (χ2n) is 3.02. The fraction of sp³-hybridized carbons (Fsp3) is 1.00. The van der Waals surface area contributed by atoms with Crippen LogP contribution in [0.15, 0.2) is 0 Å². The Labute approximate surface area is 73.4 Å². The van der Waals surface area contributed by atoms with E-state index in [4.69, 9.17) is 8.85 Å². The lowest BCUT2D eigenvalue weighted by molar-refractivity contribution is 0.416. The maximum atomic E-state index is 5.28. The Morgan fingerprint density at radius 3 is 1.55 bits per heavy atom. The minimum absolute atomic E-state index is 0.785. The van der Waals surface area contributed by atoms with E-state index in [9.17, 15) is 0 Å². The second kappa shape index (κ2) is 7.03. The van der Waals surface area contributed by atoms with Crippen LogP contribution in [0, 0.1) is 0 Å². The molecule has 0 aromatic heterocycles. The predicted molar refractivity (Wildman–Crippen MR) is 54.3 cm³/mol. The number of hydrogen-bond donors (Lipinski definition) is 0. The maximum Gasteiger partial charge on any atom is 0.173 e. The van der Waals surface area contributed by atoms with Gasteiger partial charge in [0.2, 0.25) is 0 Å². The zero-order valence-corrected chi connectivity index (χ0v) is 10.4. The van der Waals surface area contributed by atoms with Crippen molar-refractivity contribution in [3.8, 4) is 0 Å². The van der Waals surface area contributed by atoms with Crippen LogP contribution in [-0.2, 0) is 8.85 Å². The van der Waals surface area contributed by atoms with Crippen molar-refractivity contribution in [2.75, 3.05) is 14.2 Å². The summed E-state index contributed by atoms with van der Waals surface area (Å²) in [7, 11) is 2.09. The Morgan fingerprint density at radius 1 is 0.909 bits per heavy atom. The SMILES string of the molecule is CO[SiH](C)CCC[SiH](C)OC. The van der Waals surface area contributed by atoms with Crippen molar-refractivity contribution >= 4 is 18.1 Å². The van der Waals surface area contributed by atoms with Crippen molar-refractivity contribution in [2.45, 2.75) is 31.6 Å². The molecule has 0 bridgehead atoms. The molecule has 0 aromatic carbocycles. The normalized spacial score (nSPS) is 16.4. The Kier molecular flexibility index (Phi) is 7.25. The molecule has 0 amide bonds. The molecule has 68 valence electrons. The first-order valence-corrected chi connectivity index (χ1v) is 9.14. The average Bonchev–Trinajstić information content (AvgIpc) is 2.04. The third-order valence-corrected chi connectivity index (χ3v) is 6.08. The smallest absolute Gasteiger partial charge is 0.173 e. The van der Waals surface area contributed by atoms with Gasteiger partial charge >= 0.3 is 0 Å². The molecule has 2 atom stereocenters. The average molecular weight is 192 g/mol. The first-order valence-electron chi connectivity index (χ1n) is 4.26. The van der Waals surface area contributed by atoms with Crippen molar-refractivity contribution in [1.29, 1.82) is 0 Å². The lowest BCUT2D eigenvalue weighted by Crippen LogP contribution is -2.13. The Bertz CT molecular complexity index is 80.5. The van der Waals surface area contributed by atoms with Crippen LogP contribution in [0.5, 0.6) is 0 Å². The van der Waals surface area contributed by atoms with Gasteiger partial charge in [0.1, 0.15) is 0 Å². The molecule has 11 heavy (non-hydrogen) atoms. The summed E-state index contributed by atoms with van der Waals surface area (Å²) < 4.78 is 10.6. The largest absolute Gasteiger partial charge is 0.423 e. The molecule has 0 rings (SSSR count). The van der Waals surface area contributed by atoms with Gasteiger partial charge in [0.15, 0.2) is 18.1 Å². The molecule has 0 saturated heterocycles. The fourth-order valence-electron chi connectivity index (χ4n) is 0.928. The molecule has 2 unspecified atom stereocenters. The van der Waals surface area contributed by atoms with Gasteiger partial charge in [0.25, 0.3) is 0 Å². The van der Waals surface area contributed by atoms with Crippen LogP contribution in [0.25, 0.3) is 0 Å². The highest BCUT2D eigenvalue weighted by molar-refractivity contribution is 6.51. The van der Waals surface area contributed by atoms with Gasteiger partial charge in [-0.3, -0.25) is 0 Å². The molecule has 0 radical (unpaired) electrons. The third kappa shape index (κ3) is 6.74. The van der Waals surface area contributed by atoms with E-state index in [0.717, 1.165) is 0 Å². The molecule has 2 nitrogen and oxygen atoms in total. The third-order valence-electron chi connectivity index (χ3n) is 2.03. The van der Waals surface area contributed by atoms with E-state index in [-0.39, 0.29) is 0 Å². The van der Waals surface area contributed by atoms with Crippen LogP contribution in [-0.4, -0.2) is 32.3 Å². The van der Waals surface area contributed by atoms with Crippen molar-refractivity contribution < 1.29 is 8.85 Å². The highest BCUT2D eigenvalue weighted by Crippen LogP contribution is 2.05. The van der Waals surface area contributed by atoms with Gasteiger partial charge in [-0.2, -0.15) is 0 Å². The van der Waals surface area contributed by atoms with Crippen molar-refractivity contribution in [1.82, 2.24) is 0 Å². The van der Waals surface area contributed by atoms with Gasteiger partial charge in [-0.15, -0.1) is 0 Å². The van der Waals surface area contributed by atoms with Crippen LogP contribution < -0.4 is 0 Å². The molecule has 0 saturated carbocycles. The zero-order valence-electron chi connectivity index (χ0n) is 8.09. The predicted octanol–water partition coefficient (Wildman–Crippen LogP) is 1.38. The fourth-order valence-corrected chi connectivity index (χ4v) is 3.49. The van der Waals surface area contributed by atoms with E-state index in [0.29, 0.717) is 0 Å². The van der Waals surface area contributed by atoms with Crippen LogP contribution in [0.2, 0.25) is 25.2 Å². The quantitative estimate of drug-likeness (QED) is 0.592. The van der Waals surface area contributed by atoms with Crippen LogP contribution in [0.1, 0.15) is 6.42 Å². The van der Waals surface area contributed by atoms with Gasteiger partial charge in [0.05, 0.1) is 0 Å². The van der Waals surface area contributed by atoms with Gasteiger partial charge in [-0.25, -0.2) is 0 Å². The molecule has 0 spiro atoms. The molecular formula is C7H20O2Si2. The summed E-state index contributed by atoms with van der Waals surface area (Å²) in [5.74, 6) is 0. The van der Waals surface area contributed by atoms with Crippen molar-refractivity contribution in [3.05, 3.63) is 0 Å². The van der Waals surface area contributed by atoms with E-state index < -0.39 is 18.1 Å². The molecular weight excluding hydrogens is 172 g/mol. The molecule has 4 heteroatoms. The van der Waals surface area contributed by atoms with E-state index in [1.165, 1.54) is 18.5 Å². The first-order chi connectivity index (χ1) is 5.20. The lowest BCUT2D eigenvalue weighted by Gasteiger charge is -2.09. The highest BCUT2D eigenvalue weighted by Gasteiger charge is 2.05. The first kappa shape index (κ1) is 11.4. The van der Waals surface area contributed by atoms with E-state index in [1.807, 2.05) is 14.2 Å². The van der Waals surface area contributed by atoms with E-state index in [1.54, 1.807) is 0 Å². The summed E-state index contributed by atoms with van der Waals surface area (Å²) in [5, 5.41) is 0. The molecule has 0 aliphatic rings. The topological polar surface area (TPSA) is 18.5 Å². The summed E-state index contributed by atoms with van der Waals surface area (Å²) in [6.45, 7) is 4.50. The maximum absolute atomic E-state index is 5.28. The monoisotopic (exact) mass is 192 g/mol. The Balaban J connectivity index is 3.13. The second-order valence-corrected chi connectivity index (χ2v) is 8.36. The lowest BCUT2D eigenvalue weighted by atomic mass is 10.6. The summed E-state index contributed by atoms with van der Waals surface area (Å²) in [6, 6.07) is 2.61. The minimum atomic E-state index is -0.785. The summed E-state index contributed by atoms with van der Waals surface area (Å²) in [6.07, 6.45) is 1.31. The highest BCUT2D eigenvalue weighted by atomic mass is 28.3. The molecule has 0 N–H and O–H groups in total. The summed E-state index contributed by atoms with van der Waals surface area (Å²) >= 11 is 0. The molecule has 0 fully saturated rings. The zero-order chi connectivity index (χ0) is 8.69. The molecule has 0 heterocycles. The Hall–Kier alpha value is 0.354. The molecule has 0 aromatic rings. The number of rotatable bonds is 6. The van der Waals surface area contributed by atoms with Gasteiger partial charge in [0, 0.05) is 14.2 Å².